The quantitative estimate of drug-likeness (QED) is 0.757. The van der Waals surface area contributed by atoms with Gasteiger partial charge in [-0.05, 0) is 6.92 Å². The van der Waals surface area contributed by atoms with Crippen LogP contribution in [0.5, 0.6) is 0 Å². The van der Waals surface area contributed by atoms with Crippen LogP contribution in [0, 0.1) is 6.92 Å². The molecule has 0 bridgehead atoms. The number of carbonyl (C=O) groups is 1. The average molecular weight is 330 g/mol. The van der Waals surface area contributed by atoms with E-state index in [9.17, 15) is 13.2 Å². The highest BCUT2D eigenvalue weighted by Crippen LogP contribution is 2.07. The van der Waals surface area contributed by atoms with Crippen molar-refractivity contribution in [3.05, 3.63) is 11.8 Å². The van der Waals surface area contributed by atoms with Crippen LogP contribution in [0.15, 0.2) is 10.6 Å². The smallest absolute Gasteiger partial charge is 0.239 e. The molecule has 0 unspecified atom stereocenters. The van der Waals surface area contributed by atoms with Gasteiger partial charge in [0.1, 0.15) is 15.6 Å². The molecule has 1 N–H and O–H groups in total. The molecule has 0 atom stereocenters. The highest BCUT2D eigenvalue weighted by Gasteiger charge is 2.20. The molecule has 0 aliphatic carbocycles. The van der Waals surface area contributed by atoms with Gasteiger partial charge in [0.2, 0.25) is 5.91 Å². The first kappa shape index (κ1) is 16.9. The molecule has 1 saturated heterocycles. The Kier molecular flexibility index (Phi) is 5.54. The van der Waals surface area contributed by atoms with E-state index in [1.54, 1.807) is 13.0 Å². The molecule has 1 amide bonds. The molecule has 2 heterocycles. The van der Waals surface area contributed by atoms with Crippen molar-refractivity contribution >= 4 is 21.6 Å². The lowest BCUT2D eigenvalue weighted by molar-refractivity contribution is -0.117. The first-order valence-electron chi connectivity index (χ1n) is 7.17. The molecule has 1 aromatic heterocycles. The van der Waals surface area contributed by atoms with Crippen molar-refractivity contribution in [2.24, 2.45) is 0 Å². The Morgan fingerprint density at radius 2 is 1.95 bits per heavy atom. The number of nitrogens with one attached hydrogen (secondary N) is 1. The summed E-state index contributed by atoms with van der Waals surface area (Å²) in [6.45, 7) is 5.64. The number of sulfone groups is 1. The Morgan fingerprint density at radius 3 is 2.50 bits per heavy atom. The van der Waals surface area contributed by atoms with Gasteiger partial charge in [0, 0.05) is 45.0 Å². The second-order valence-electron chi connectivity index (χ2n) is 5.62. The lowest BCUT2D eigenvalue weighted by Crippen LogP contribution is -2.49. The molecule has 0 aromatic carbocycles. The fourth-order valence-electron chi connectivity index (χ4n) is 2.28. The average Bonchev–Trinajstić information content (AvgIpc) is 2.82. The van der Waals surface area contributed by atoms with Gasteiger partial charge in [-0.25, -0.2) is 8.42 Å². The normalized spacial score (nSPS) is 17.5. The fraction of sp³-hybridized carbons (Fsp3) is 0.692. The molecule has 0 spiro atoms. The lowest BCUT2D eigenvalue weighted by atomic mass is 10.3. The van der Waals surface area contributed by atoms with Crippen molar-refractivity contribution < 1.29 is 17.7 Å². The largest absolute Gasteiger partial charge is 0.360 e. The maximum absolute atomic E-state index is 11.9. The second-order valence-corrected chi connectivity index (χ2v) is 7.88. The topological polar surface area (TPSA) is 95.8 Å². The number of piperazine rings is 1. The number of aryl methyl sites for hydroxylation is 1. The Labute approximate surface area is 130 Å². The van der Waals surface area contributed by atoms with Crippen LogP contribution in [0.3, 0.4) is 0 Å². The van der Waals surface area contributed by atoms with E-state index in [-0.39, 0.29) is 11.7 Å². The Morgan fingerprint density at radius 1 is 1.32 bits per heavy atom. The zero-order valence-corrected chi connectivity index (χ0v) is 13.7. The van der Waals surface area contributed by atoms with Crippen LogP contribution in [-0.4, -0.2) is 80.6 Å². The molecule has 9 heteroatoms. The van der Waals surface area contributed by atoms with Crippen LogP contribution in [0.25, 0.3) is 0 Å². The van der Waals surface area contributed by atoms with Crippen LogP contribution >= 0.6 is 0 Å². The van der Waals surface area contributed by atoms with E-state index in [1.807, 2.05) is 4.90 Å². The molecule has 2 rings (SSSR count). The van der Waals surface area contributed by atoms with Crippen molar-refractivity contribution in [1.29, 1.82) is 0 Å². The summed E-state index contributed by atoms with van der Waals surface area (Å²) in [5, 5.41) is 6.41. The number of hydrogen-bond acceptors (Lipinski definition) is 7. The van der Waals surface area contributed by atoms with E-state index in [4.69, 9.17) is 4.52 Å². The van der Waals surface area contributed by atoms with Crippen LogP contribution in [-0.2, 0) is 14.6 Å². The standard InChI is InChI=1S/C13H22N4O4S/c1-11-9-12(15-21-11)14-13(18)10-17-5-3-16(4-6-17)7-8-22(2,19)20/h9H,3-8,10H2,1-2H3,(H,14,15,18). The van der Waals surface area contributed by atoms with E-state index in [0.717, 1.165) is 26.2 Å². The summed E-state index contributed by atoms with van der Waals surface area (Å²) in [5.74, 6) is 1.13. The van der Waals surface area contributed by atoms with Crippen molar-refractivity contribution in [3.8, 4) is 0 Å². The molecule has 1 aromatic rings. The van der Waals surface area contributed by atoms with Crippen molar-refractivity contribution in [2.45, 2.75) is 6.92 Å². The zero-order valence-electron chi connectivity index (χ0n) is 12.9. The highest BCUT2D eigenvalue weighted by molar-refractivity contribution is 7.90. The molecule has 8 nitrogen and oxygen atoms in total. The SMILES string of the molecule is Cc1cc(NC(=O)CN2CCN(CCS(C)(=O)=O)CC2)no1. The summed E-state index contributed by atoms with van der Waals surface area (Å²) in [7, 11) is -2.92. The van der Waals surface area contributed by atoms with E-state index in [2.05, 4.69) is 15.4 Å². The van der Waals surface area contributed by atoms with Crippen molar-refractivity contribution in [1.82, 2.24) is 15.0 Å². The number of carbonyl (C=O) groups excluding carboxylic acids is 1. The Balaban J connectivity index is 1.69. The van der Waals surface area contributed by atoms with Gasteiger partial charge < -0.3 is 9.84 Å². The summed E-state index contributed by atoms with van der Waals surface area (Å²) in [5.41, 5.74) is 0. The minimum atomic E-state index is -2.92. The monoisotopic (exact) mass is 330 g/mol. The van der Waals surface area contributed by atoms with Gasteiger partial charge in [-0.2, -0.15) is 0 Å². The zero-order chi connectivity index (χ0) is 16.2. The molecule has 22 heavy (non-hydrogen) atoms. The third kappa shape index (κ3) is 5.74. The van der Waals surface area contributed by atoms with Gasteiger partial charge in [-0.3, -0.25) is 14.6 Å². The number of rotatable bonds is 6. The third-order valence-corrected chi connectivity index (χ3v) is 4.43. The van der Waals surface area contributed by atoms with E-state index < -0.39 is 9.84 Å². The van der Waals surface area contributed by atoms with Gasteiger partial charge in [0.25, 0.3) is 0 Å². The first-order chi connectivity index (χ1) is 10.3. The van der Waals surface area contributed by atoms with Gasteiger partial charge in [-0.15, -0.1) is 0 Å². The van der Waals surface area contributed by atoms with Crippen LogP contribution in [0.1, 0.15) is 5.76 Å². The number of amides is 1. The Hall–Kier alpha value is -1.45. The maximum Gasteiger partial charge on any atom is 0.239 e. The lowest BCUT2D eigenvalue weighted by Gasteiger charge is -2.33. The predicted molar refractivity (Wildman–Crippen MR) is 82.5 cm³/mol. The molecular formula is C13H22N4O4S. The van der Waals surface area contributed by atoms with Crippen LogP contribution in [0.4, 0.5) is 5.82 Å². The second kappa shape index (κ2) is 7.21. The van der Waals surface area contributed by atoms with Crippen molar-refractivity contribution in [3.63, 3.8) is 0 Å². The molecule has 1 aliphatic heterocycles. The molecule has 0 saturated carbocycles. The molecule has 124 valence electrons. The Bertz CT molecular complexity index is 605. The summed E-state index contributed by atoms with van der Waals surface area (Å²) in [6, 6.07) is 1.67. The fourth-order valence-corrected chi connectivity index (χ4v) is 2.87. The van der Waals surface area contributed by atoms with Crippen LogP contribution in [0.2, 0.25) is 0 Å². The maximum atomic E-state index is 11.9. The third-order valence-electron chi connectivity index (χ3n) is 3.51. The number of anilines is 1. The number of hydrogen-bond donors (Lipinski definition) is 1. The summed E-state index contributed by atoms with van der Waals surface area (Å²) >= 11 is 0. The first-order valence-corrected chi connectivity index (χ1v) is 9.23. The van der Waals surface area contributed by atoms with E-state index in [1.165, 1.54) is 6.26 Å². The van der Waals surface area contributed by atoms with Gasteiger partial charge >= 0.3 is 0 Å². The molecule has 0 radical (unpaired) electrons. The summed E-state index contributed by atoms with van der Waals surface area (Å²) < 4.78 is 27.2. The van der Waals surface area contributed by atoms with Gasteiger partial charge in [0.15, 0.2) is 5.82 Å². The van der Waals surface area contributed by atoms with E-state index >= 15 is 0 Å². The minimum absolute atomic E-state index is 0.127. The van der Waals surface area contributed by atoms with Gasteiger partial charge in [0.05, 0.1) is 12.3 Å². The summed E-state index contributed by atoms with van der Waals surface area (Å²) in [4.78, 5) is 16.0. The summed E-state index contributed by atoms with van der Waals surface area (Å²) in [6.07, 6.45) is 1.25. The van der Waals surface area contributed by atoms with Crippen molar-refractivity contribution in [2.75, 3.05) is 56.6 Å². The predicted octanol–water partition coefficient (Wildman–Crippen LogP) is -0.416. The van der Waals surface area contributed by atoms with E-state index in [0.29, 0.717) is 24.7 Å². The minimum Gasteiger partial charge on any atom is -0.360 e. The number of aromatic nitrogens is 1. The van der Waals surface area contributed by atoms with Gasteiger partial charge in [-0.1, -0.05) is 5.16 Å². The molecule has 1 aliphatic rings. The molecule has 1 fully saturated rings. The number of nitrogens with zero attached hydrogens (tertiary/aromatic N) is 3. The molecular weight excluding hydrogens is 308 g/mol. The highest BCUT2D eigenvalue weighted by atomic mass is 32.2. The van der Waals surface area contributed by atoms with Crippen LogP contribution < -0.4 is 5.32 Å².